The van der Waals surface area contributed by atoms with Crippen LogP contribution in [0.3, 0.4) is 0 Å². The third kappa shape index (κ3) is 1.36. The van der Waals surface area contributed by atoms with Crippen LogP contribution < -0.4 is 0 Å². The Morgan fingerprint density at radius 2 is 2.21 bits per heavy atom. The van der Waals surface area contributed by atoms with Crippen LogP contribution in [-0.2, 0) is 5.41 Å². The lowest BCUT2D eigenvalue weighted by Crippen LogP contribution is -2.17. The molecule has 0 saturated carbocycles. The number of hydrogen-bond acceptors (Lipinski definition) is 3. The molecule has 0 radical (unpaired) electrons. The molecule has 4 nitrogen and oxygen atoms in total. The zero-order valence-electron chi connectivity index (χ0n) is 8.73. The fraction of sp³-hybridized carbons (Fsp3) is 0.500. The van der Waals surface area contributed by atoms with E-state index in [1.165, 1.54) is 0 Å². The molecule has 0 aromatic carbocycles. The smallest absolute Gasteiger partial charge is 0.119 e. The van der Waals surface area contributed by atoms with Gasteiger partial charge in [-0.3, -0.25) is 0 Å². The Morgan fingerprint density at radius 1 is 1.43 bits per heavy atom. The first kappa shape index (κ1) is 9.12. The molecule has 0 aliphatic heterocycles. The van der Waals surface area contributed by atoms with Crippen LogP contribution >= 0.6 is 0 Å². The molecule has 0 N–H and O–H groups in total. The summed E-state index contributed by atoms with van der Waals surface area (Å²) in [5.41, 5.74) is 2.21. The molecular weight excluding hydrogens is 176 g/mol. The normalized spacial score (nSPS) is 12.2. The van der Waals surface area contributed by atoms with Gasteiger partial charge in [-0.15, -0.1) is 5.10 Å². The van der Waals surface area contributed by atoms with Crippen LogP contribution in [0.4, 0.5) is 0 Å². The van der Waals surface area contributed by atoms with Gasteiger partial charge in [0.25, 0.3) is 0 Å². The Kier molecular flexibility index (Phi) is 1.98. The third-order valence-electron chi connectivity index (χ3n) is 2.77. The van der Waals surface area contributed by atoms with Crippen molar-refractivity contribution in [3.8, 4) is 0 Å². The third-order valence-corrected chi connectivity index (χ3v) is 2.77. The van der Waals surface area contributed by atoms with E-state index in [0.29, 0.717) is 0 Å². The number of rotatable bonds is 2. The summed E-state index contributed by atoms with van der Waals surface area (Å²) in [5, 5.41) is 7.70. The van der Waals surface area contributed by atoms with Crippen molar-refractivity contribution in [2.24, 2.45) is 0 Å². The highest BCUT2D eigenvalue weighted by atomic mass is 15.4. The molecule has 2 rings (SSSR count). The predicted octanol–water partition coefficient (Wildman–Crippen LogP) is 1.81. The van der Waals surface area contributed by atoms with Crippen molar-refractivity contribution < 1.29 is 0 Å². The SMILES string of the molecule is CCC(C)(C)c1cc2cnnn2cn1. The van der Waals surface area contributed by atoms with Crippen molar-refractivity contribution in [3.05, 3.63) is 24.3 Å². The van der Waals surface area contributed by atoms with Crippen molar-refractivity contribution in [1.29, 1.82) is 0 Å². The summed E-state index contributed by atoms with van der Waals surface area (Å²) in [6.45, 7) is 6.55. The molecule has 0 aliphatic rings. The van der Waals surface area contributed by atoms with Crippen LogP contribution in [0.25, 0.3) is 5.52 Å². The minimum atomic E-state index is 0.117. The van der Waals surface area contributed by atoms with Gasteiger partial charge in [0.1, 0.15) is 6.33 Å². The van der Waals surface area contributed by atoms with E-state index in [2.05, 4.69) is 36.1 Å². The molecule has 2 aromatic rings. The summed E-state index contributed by atoms with van der Waals surface area (Å²) in [6.07, 6.45) is 4.53. The average Bonchev–Trinajstić information content (AvgIpc) is 2.64. The van der Waals surface area contributed by atoms with Gasteiger partial charge in [-0.2, -0.15) is 0 Å². The highest BCUT2D eigenvalue weighted by Gasteiger charge is 2.19. The van der Waals surface area contributed by atoms with Crippen LogP contribution in [0.2, 0.25) is 0 Å². The van der Waals surface area contributed by atoms with E-state index in [9.17, 15) is 0 Å². The van der Waals surface area contributed by atoms with E-state index in [0.717, 1.165) is 17.6 Å². The van der Waals surface area contributed by atoms with E-state index < -0.39 is 0 Å². The van der Waals surface area contributed by atoms with Crippen LogP contribution in [0.1, 0.15) is 32.9 Å². The molecule has 0 amide bonds. The van der Waals surface area contributed by atoms with Crippen molar-refractivity contribution in [1.82, 2.24) is 19.8 Å². The lowest BCUT2D eigenvalue weighted by atomic mass is 9.86. The Hall–Kier alpha value is -1.45. The lowest BCUT2D eigenvalue weighted by Gasteiger charge is -2.21. The topological polar surface area (TPSA) is 43.1 Å². The molecule has 0 bridgehead atoms. The monoisotopic (exact) mass is 190 g/mol. The number of nitrogens with zero attached hydrogens (tertiary/aromatic N) is 4. The summed E-state index contributed by atoms with van der Waals surface area (Å²) in [4.78, 5) is 4.38. The van der Waals surface area contributed by atoms with Gasteiger partial charge < -0.3 is 0 Å². The quantitative estimate of drug-likeness (QED) is 0.725. The van der Waals surface area contributed by atoms with Crippen molar-refractivity contribution in [2.75, 3.05) is 0 Å². The van der Waals surface area contributed by atoms with Gasteiger partial charge >= 0.3 is 0 Å². The van der Waals surface area contributed by atoms with Gasteiger partial charge in [-0.05, 0) is 12.5 Å². The van der Waals surface area contributed by atoms with Gasteiger partial charge in [-0.1, -0.05) is 26.0 Å². The number of fused-ring (bicyclic) bond motifs is 1. The lowest BCUT2D eigenvalue weighted by molar-refractivity contribution is 0.488. The Morgan fingerprint density at radius 3 is 2.93 bits per heavy atom. The molecule has 0 spiro atoms. The first-order valence-electron chi connectivity index (χ1n) is 4.80. The first-order chi connectivity index (χ1) is 6.63. The standard InChI is InChI=1S/C10H14N4/c1-4-10(2,3)9-5-8-6-12-13-14(8)7-11-9/h5-7H,4H2,1-3H3. The van der Waals surface area contributed by atoms with Crippen molar-refractivity contribution in [2.45, 2.75) is 32.6 Å². The van der Waals surface area contributed by atoms with E-state index in [4.69, 9.17) is 0 Å². The van der Waals surface area contributed by atoms with Crippen LogP contribution in [-0.4, -0.2) is 19.8 Å². The van der Waals surface area contributed by atoms with Gasteiger partial charge in [0, 0.05) is 5.41 Å². The summed E-state index contributed by atoms with van der Waals surface area (Å²) in [6, 6.07) is 2.05. The largest absolute Gasteiger partial charge is 0.241 e. The fourth-order valence-electron chi connectivity index (χ4n) is 1.29. The maximum atomic E-state index is 4.38. The highest BCUT2D eigenvalue weighted by Crippen LogP contribution is 2.24. The second-order valence-corrected chi connectivity index (χ2v) is 4.12. The molecule has 0 aliphatic carbocycles. The first-order valence-corrected chi connectivity index (χ1v) is 4.80. The Labute approximate surface area is 83.0 Å². The van der Waals surface area contributed by atoms with E-state index in [1.807, 2.05) is 6.07 Å². The molecule has 0 saturated heterocycles. The van der Waals surface area contributed by atoms with Crippen LogP contribution in [0.15, 0.2) is 18.6 Å². The summed E-state index contributed by atoms with van der Waals surface area (Å²) >= 11 is 0. The van der Waals surface area contributed by atoms with Crippen LogP contribution in [0, 0.1) is 0 Å². The average molecular weight is 190 g/mol. The fourth-order valence-corrected chi connectivity index (χ4v) is 1.29. The van der Waals surface area contributed by atoms with E-state index >= 15 is 0 Å². The summed E-state index contributed by atoms with van der Waals surface area (Å²) in [5.74, 6) is 0. The number of aromatic nitrogens is 4. The molecule has 0 unspecified atom stereocenters. The highest BCUT2D eigenvalue weighted by molar-refractivity contribution is 5.44. The number of hydrogen-bond donors (Lipinski definition) is 0. The van der Waals surface area contributed by atoms with Gasteiger partial charge in [0.05, 0.1) is 17.4 Å². The molecule has 4 heteroatoms. The van der Waals surface area contributed by atoms with Crippen molar-refractivity contribution in [3.63, 3.8) is 0 Å². The predicted molar refractivity (Wildman–Crippen MR) is 54.1 cm³/mol. The minimum Gasteiger partial charge on any atom is -0.241 e. The van der Waals surface area contributed by atoms with Gasteiger partial charge in [0.2, 0.25) is 0 Å². The second kappa shape index (κ2) is 3.04. The minimum absolute atomic E-state index is 0.117. The maximum absolute atomic E-state index is 4.38. The maximum Gasteiger partial charge on any atom is 0.119 e. The van der Waals surface area contributed by atoms with E-state index in [1.54, 1.807) is 17.0 Å². The Balaban J connectivity index is 2.53. The molecule has 74 valence electrons. The molecule has 0 fully saturated rings. The summed E-state index contributed by atoms with van der Waals surface area (Å²) < 4.78 is 1.68. The molecule has 14 heavy (non-hydrogen) atoms. The zero-order chi connectivity index (χ0) is 10.2. The zero-order valence-corrected chi connectivity index (χ0v) is 8.73. The summed E-state index contributed by atoms with van der Waals surface area (Å²) in [7, 11) is 0. The van der Waals surface area contributed by atoms with Crippen molar-refractivity contribution >= 4 is 5.52 Å². The molecular formula is C10H14N4. The molecule has 0 atom stereocenters. The molecule has 2 heterocycles. The van der Waals surface area contributed by atoms with E-state index in [-0.39, 0.29) is 5.41 Å². The molecule has 2 aromatic heterocycles. The van der Waals surface area contributed by atoms with Crippen LogP contribution in [0.5, 0.6) is 0 Å². The van der Waals surface area contributed by atoms with Gasteiger partial charge in [-0.25, -0.2) is 9.50 Å². The Bertz CT molecular complexity index is 444. The van der Waals surface area contributed by atoms with Gasteiger partial charge in [0.15, 0.2) is 0 Å². The second-order valence-electron chi connectivity index (χ2n) is 4.12.